The van der Waals surface area contributed by atoms with Gasteiger partial charge in [-0.15, -0.1) is 0 Å². The number of aromatic nitrogens is 3. The molecule has 0 saturated carbocycles. The molecular weight excluding hydrogens is 418 g/mol. The predicted molar refractivity (Wildman–Crippen MR) is 114 cm³/mol. The molecule has 4 heterocycles. The van der Waals surface area contributed by atoms with Crippen molar-refractivity contribution in [1.29, 1.82) is 0 Å². The van der Waals surface area contributed by atoms with Gasteiger partial charge in [-0.25, -0.2) is 18.4 Å². The molecule has 2 aromatic heterocycles. The molecule has 2 aliphatic heterocycles. The van der Waals surface area contributed by atoms with Crippen molar-refractivity contribution in [2.24, 2.45) is 0 Å². The van der Waals surface area contributed by atoms with E-state index in [4.69, 9.17) is 19.6 Å². The van der Waals surface area contributed by atoms with Crippen LogP contribution in [0.5, 0.6) is 0 Å². The van der Waals surface area contributed by atoms with Crippen molar-refractivity contribution < 1.29 is 23.0 Å². The molecule has 1 amide bonds. The van der Waals surface area contributed by atoms with Gasteiger partial charge in [0.1, 0.15) is 12.3 Å². The summed E-state index contributed by atoms with van der Waals surface area (Å²) in [5, 5.41) is 5.17. The van der Waals surface area contributed by atoms with Crippen LogP contribution in [0, 0.1) is 11.6 Å². The monoisotopic (exact) mass is 442 g/mol. The molecule has 1 fully saturated rings. The van der Waals surface area contributed by atoms with E-state index >= 15 is 0 Å². The number of aryl methyl sites for hydroxylation is 1. The first-order valence-electron chi connectivity index (χ1n) is 10.9. The molecule has 1 aromatic carbocycles. The van der Waals surface area contributed by atoms with Crippen molar-refractivity contribution in [2.75, 3.05) is 31.8 Å². The van der Waals surface area contributed by atoms with Crippen LogP contribution in [0.3, 0.4) is 0 Å². The average molecular weight is 442 g/mol. The molecule has 0 radical (unpaired) electrons. The fraction of sp³-hybridized carbons (Fsp3) is 0.435. The molecule has 0 bridgehead atoms. The summed E-state index contributed by atoms with van der Waals surface area (Å²) in [5.74, 6) is -1.98. The number of rotatable bonds is 4. The molecule has 32 heavy (non-hydrogen) atoms. The smallest absolute Gasteiger partial charge is 0.253 e. The molecule has 168 valence electrons. The molecule has 2 aliphatic rings. The third-order valence-corrected chi connectivity index (χ3v) is 6.02. The minimum Gasteiger partial charge on any atom is -0.375 e. The van der Waals surface area contributed by atoms with Crippen molar-refractivity contribution in [3.63, 3.8) is 0 Å². The second-order valence-electron chi connectivity index (χ2n) is 8.14. The van der Waals surface area contributed by atoms with Crippen molar-refractivity contribution in [3.05, 3.63) is 41.6 Å². The zero-order valence-electron chi connectivity index (χ0n) is 17.8. The highest BCUT2D eigenvalue weighted by Crippen LogP contribution is 2.35. The van der Waals surface area contributed by atoms with E-state index in [-0.39, 0.29) is 18.7 Å². The van der Waals surface area contributed by atoms with Gasteiger partial charge in [0.05, 0.1) is 22.6 Å². The highest BCUT2D eigenvalue weighted by molar-refractivity contribution is 5.96. The zero-order valence-corrected chi connectivity index (χ0v) is 17.8. The Bertz CT molecular complexity index is 1170. The molecule has 1 saturated heterocycles. The summed E-state index contributed by atoms with van der Waals surface area (Å²) >= 11 is 0. The molecule has 1 unspecified atom stereocenters. The number of nitrogens with zero attached hydrogens (tertiary/aromatic N) is 4. The van der Waals surface area contributed by atoms with E-state index in [9.17, 15) is 13.6 Å². The Balaban J connectivity index is 1.60. The molecular formula is C23H24F2N4O3. The van der Waals surface area contributed by atoms with Crippen LogP contribution in [0.4, 0.5) is 14.5 Å². The number of amides is 1. The van der Waals surface area contributed by atoms with Crippen molar-refractivity contribution in [2.45, 2.75) is 38.3 Å². The van der Waals surface area contributed by atoms with Gasteiger partial charge in [0, 0.05) is 31.7 Å². The molecule has 0 aliphatic carbocycles. The number of hydrogen-bond acceptors (Lipinski definition) is 5. The van der Waals surface area contributed by atoms with E-state index in [0.717, 1.165) is 37.1 Å². The SMILES string of the molecule is COCC(=O)N1CCCc2nc(-c3nn(C4CCCCO4)c4cc(F)c(F)cc34)ccc21. The van der Waals surface area contributed by atoms with Crippen LogP contribution in [-0.4, -0.2) is 47.5 Å². The largest absolute Gasteiger partial charge is 0.375 e. The second kappa shape index (κ2) is 8.55. The number of pyridine rings is 1. The first-order chi connectivity index (χ1) is 15.6. The number of halogens is 2. The van der Waals surface area contributed by atoms with E-state index < -0.39 is 11.6 Å². The maximum atomic E-state index is 14.2. The fourth-order valence-corrected chi connectivity index (χ4v) is 4.50. The van der Waals surface area contributed by atoms with E-state index in [1.54, 1.807) is 15.6 Å². The Morgan fingerprint density at radius 2 is 2.06 bits per heavy atom. The zero-order chi connectivity index (χ0) is 22.2. The topological polar surface area (TPSA) is 69.5 Å². The maximum absolute atomic E-state index is 14.2. The third-order valence-electron chi connectivity index (χ3n) is 6.02. The van der Waals surface area contributed by atoms with Crippen LogP contribution in [0.1, 0.15) is 37.6 Å². The number of anilines is 1. The third kappa shape index (κ3) is 3.65. The summed E-state index contributed by atoms with van der Waals surface area (Å²) < 4.78 is 40.7. The molecule has 9 heteroatoms. The minimum atomic E-state index is -0.933. The molecule has 3 aromatic rings. The van der Waals surface area contributed by atoms with Crippen LogP contribution >= 0.6 is 0 Å². The van der Waals surface area contributed by atoms with Crippen LogP contribution in [0.25, 0.3) is 22.3 Å². The Labute approximate surface area is 183 Å². The standard InChI is InChI=1S/C23H24F2N4O3/c1-31-13-21(30)28-9-4-5-17-19(28)8-7-18(26-17)23-14-11-15(24)16(25)12-20(14)29(27-23)22-6-2-3-10-32-22/h7-8,11-12,22H,2-6,9-10,13H2,1H3. The Hall–Kier alpha value is -2.91. The number of methoxy groups -OCH3 is 1. The van der Waals surface area contributed by atoms with Gasteiger partial charge in [-0.2, -0.15) is 5.10 Å². The molecule has 1 atom stereocenters. The van der Waals surface area contributed by atoms with Gasteiger partial charge in [0.25, 0.3) is 5.91 Å². The van der Waals surface area contributed by atoms with Gasteiger partial charge in [-0.1, -0.05) is 0 Å². The highest BCUT2D eigenvalue weighted by atomic mass is 19.2. The summed E-state index contributed by atoms with van der Waals surface area (Å²) in [7, 11) is 1.49. The number of carbonyl (C=O) groups excluding carboxylic acids is 1. The Morgan fingerprint density at radius 3 is 2.84 bits per heavy atom. The summed E-state index contributed by atoms with van der Waals surface area (Å²) in [4.78, 5) is 18.9. The number of ether oxygens (including phenoxy) is 2. The first kappa shape index (κ1) is 21.0. The van der Waals surface area contributed by atoms with Crippen molar-refractivity contribution in [1.82, 2.24) is 14.8 Å². The Kier molecular flexibility index (Phi) is 5.60. The lowest BCUT2D eigenvalue weighted by molar-refractivity contribution is -0.122. The lowest BCUT2D eigenvalue weighted by Crippen LogP contribution is -2.38. The van der Waals surface area contributed by atoms with Crippen LogP contribution < -0.4 is 4.90 Å². The van der Waals surface area contributed by atoms with Crippen LogP contribution in [0.2, 0.25) is 0 Å². The quantitative estimate of drug-likeness (QED) is 0.611. The van der Waals surface area contributed by atoms with Gasteiger partial charge >= 0.3 is 0 Å². The second-order valence-corrected chi connectivity index (χ2v) is 8.14. The van der Waals surface area contributed by atoms with E-state index in [1.807, 2.05) is 6.07 Å². The van der Waals surface area contributed by atoms with Crippen LogP contribution in [-0.2, 0) is 20.7 Å². The lowest BCUT2D eigenvalue weighted by atomic mass is 10.1. The van der Waals surface area contributed by atoms with Crippen molar-refractivity contribution in [3.8, 4) is 11.4 Å². The molecule has 0 N–H and O–H groups in total. The van der Waals surface area contributed by atoms with E-state index in [0.29, 0.717) is 41.9 Å². The fourth-order valence-electron chi connectivity index (χ4n) is 4.50. The minimum absolute atomic E-state index is 0.00244. The number of fused-ring (bicyclic) bond motifs is 2. The predicted octanol–water partition coefficient (Wildman–Crippen LogP) is 4.00. The van der Waals surface area contributed by atoms with Gasteiger partial charge in [0.15, 0.2) is 17.9 Å². The average Bonchev–Trinajstić information content (AvgIpc) is 3.17. The van der Waals surface area contributed by atoms with Gasteiger partial charge in [0.2, 0.25) is 0 Å². The normalized spacial score (nSPS) is 18.7. The summed E-state index contributed by atoms with van der Waals surface area (Å²) in [5.41, 5.74) is 3.02. The maximum Gasteiger partial charge on any atom is 0.253 e. The van der Waals surface area contributed by atoms with Gasteiger partial charge in [-0.05, 0) is 50.3 Å². The Morgan fingerprint density at radius 1 is 1.22 bits per heavy atom. The lowest BCUT2D eigenvalue weighted by Gasteiger charge is -2.28. The van der Waals surface area contributed by atoms with Gasteiger partial charge in [-0.3, -0.25) is 4.79 Å². The summed E-state index contributed by atoms with van der Waals surface area (Å²) in [6, 6.07) is 5.95. The van der Waals surface area contributed by atoms with E-state index in [1.165, 1.54) is 19.2 Å². The highest BCUT2D eigenvalue weighted by Gasteiger charge is 2.27. The van der Waals surface area contributed by atoms with Crippen LogP contribution in [0.15, 0.2) is 24.3 Å². The first-order valence-corrected chi connectivity index (χ1v) is 10.9. The number of benzene rings is 1. The summed E-state index contributed by atoms with van der Waals surface area (Å²) in [6.45, 7) is 1.22. The summed E-state index contributed by atoms with van der Waals surface area (Å²) in [6.07, 6.45) is 3.87. The van der Waals surface area contributed by atoms with Crippen molar-refractivity contribution >= 4 is 22.5 Å². The number of carbonyl (C=O) groups is 1. The number of hydrogen-bond donors (Lipinski definition) is 0. The molecule has 7 nitrogen and oxygen atoms in total. The molecule has 0 spiro atoms. The molecule has 5 rings (SSSR count). The van der Waals surface area contributed by atoms with E-state index in [2.05, 4.69) is 0 Å². The van der Waals surface area contributed by atoms with Gasteiger partial charge < -0.3 is 14.4 Å².